The Morgan fingerprint density at radius 2 is 2.15 bits per heavy atom. The fourth-order valence-electron chi connectivity index (χ4n) is 2.77. The van der Waals surface area contributed by atoms with Crippen LogP contribution in [0.5, 0.6) is 0 Å². The number of para-hydroxylation sites is 1. The number of amides is 1. The van der Waals surface area contributed by atoms with Crippen LogP contribution in [-0.2, 0) is 24.2 Å². The number of hydrogen-bond donors (Lipinski definition) is 1. The highest BCUT2D eigenvalue weighted by Gasteiger charge is 2.39. The normalized spacial score (nSPS) is 21.9. The highest BCUT2D eigenvalue weighted by atomic mass is 32.2. The molecule has 1 aromatic heterocycles. The predicted molar refractivity (Wildman–Crippen MR) is 99.4 cm³/mol. The molecular formula is C17H18N2O5S2. The lowest BCUT2D eigenvalue weighted by Gasteiger charge is -2.23. The molecule has 2 aromatic rings. The van der Waals surface area contributed by atoms with Crippen molar-refractivity contribution < 1.29 is 22.7 Å². The van der Waals surface area contributed by atoms with E-state index in [9.17, 15) is 18.0 Å². The third-order valence-electron chi connectivity index (χ3n) is 3.96. The van der Waals surface area contributed by atoms with E-state index < -0.39 is 33.9 Å². The van der Waals surface area contributed by atoms with Crippen LogP contribution >= 0.6 is 11.3 Å². The smallest absolute Gasteiger partial charge is 0.331 e. The van der Waals surface area contributed by atoms with Gasteiger partial charge in [0.1, 0.15) is 5.01 Å². The first kappa shape index (κ1) is 18.5. The van der Waals surface area contributed by atoms with Crippen molar-refractivity contribution in [1.29, 1.82) is 0 Å². The second-order valence-corrected chi connectivity index (χ2v) is 9.66. The minimum Gasteiger partial charge on any atom is -0.452 e. The standard InChI is InChI=1S/C17H18N2O5S2/c1-17(8-9-26(22,23)11-17)19-14(20)10-24-16(21)7-6-15-18-12-4-2-3-5-13(12)25-15/h2-7H,8-11H2,1H3,(H,19,20)/b7-6+/t17-/m1/s1. The van der Waals surface area contributed by atoms with Crippen LogP contribution in [0.2, 0.25) is 0 Å². The first-order valence-electron chi connectivity index (χ1n) is 7.97. The highest BCUT2D eigenvalue weighted by molar-refractivity contribution is 7.91. The summed E-state index contributed by atoms with van der Waals surface area (Å²) in [4.78, 5) is 28.0. The lowest BCUT2D eigenvalue weighted by atomic mass is 10.0. The fraction of sp³-hybridized carbons (Fsp3) is 0.353. The molecule has 2 heterocycles. The highest BCUT2D eigenvalue weighted by Crippen LogP contribution is 2.23. The molecule has 9 heteroatoms. The van der Waals surface area contributed by atoms with Gasteiger partial charge in [-0.05, 0) is 31.6 Å². The maximum absolute atomic E-state index is 11.9. The lowest BCUT2D eigenvalue weighted by molar-refractivity contribution is -0.144. The van der Waals surface area contributed by atoms with Gasteiger partial charge in [-0.3, -0.25) is 4.79 Å². The molecule has 0 aliphatic carbocycles. The summed E-state index contributed by atoms with van der Waals surface area (Å²) in [7, 11) is -3.12. The minimum absolute atomic E-state index is 0.0501. The number of nitrogens with zero attached hydrogens (tertiary/aromatic N) is 1. The molecule has 138 valence electrons. The van der Waals surface area contributed by atoms with Crippen molar-refractivity contribution in [3.8, 4) is 0 Å². The summed E-state index contributed by atoms with van der Waals surface area (Å²) in [6.07, 6.45) is 3.11. The van der Waals surface area contributed by atoms with Crippen molar-refractivity contribution in [1.82, 2.24) is 10.3 Å². The molecule has 7 nitrogen and oxygen atoms in total. The van der Waals surface area contributed by atoms with Gasteiger partial charge in [-0.2, -0.15) is 0 Å². The molecule has 0 radical (unpaired) electrons. The van der Waals surface area contributed by atoms with E-state index in [1.54, 1.807) is 6.92 Å². The van der Waals surface area contributed by atoms with Crippen LogP contribution in [0.3, 0.4) is 0 Å². The van der Waals surface area contributed by atoms with Crippen molar-refractivity contribution in [2.24, 2.45) is 0 Å². The topological polar surface area (TPSA) is 102 Å². The predicted octanol–water partition coefficient (Wildman–Crippen LogP) is 1.55. The Morgan fingerprint density at radius 3 is 2.85 bits per heavy atom. The Bertz CT molecular complexity index is 947. The van der Waals surface area contributed by atoms with Crippen molar-refractivity contribution in [3.05, 3.63) is 35.3 Å². The Hall–Kier alpha value is -2.26. The average Bonchev–Trinajstić information content (AvgIpc) is 3.10. The zero-order chi connectivity index (χ0) is 18.8. The number of fused-ring (bicyclic) bond motifs is 1. The maximum Gasteiger partial charge on any atom is 0.331 e. The van der Waals surface area contributed by atoms with Gasteiger partial charge in [0.25, 0.3) is 5.91 Å². The van der Waals surface area contributed by atoms with E-state index in [-0.39, 0.29) is 11.5 Å². The summed E-state index contributed by atoms with van der Waals surface area (Å²) in [6.45, 7) is 1.21. The molecule has 0 saturated carbocycles. The molecule has 0 spiro atoms. The molecule has 1 N–H and O–H groups in total. The number of thiazole rings is 1. The van der Waals surface area contributed by atoms with E-state index in [1.165, 1.54) is 23.5 Å². The molecule has 1 atom stereocenters. The average molecular weight is 394 g/mol. The molecule has 0 unspecified atom stereocenters. The molecule has 1 saturated heterocycles. The summed E-state index contributed by atoms with van der Waals surface area (Å²) >= 11 is 1.44. The first-order valence-corrected chi connectivity index (χ1v) is 10.6. The number of nitrogens with one attached hydrogen (secondary N) is 1. The summed E-state index contributed by atoms with van der Waals surface area (Å²) in [5.41, 5.74) is 0.0451. The molecule has 3 rings (SSSR count). The Morgan fingerprint density at radius 1 is 1.38 bits per heavy atom. The van der Waals surface area contributed by atoms with Gasteiger partial charge in [-0.1, -0.05) is 12.1 Å². The number of aromatic nitrogens is 1. The number of hydrogen-bond acceptors (Lipinski definition) is 7. The number of esters is 1. The van der Waals surface area contributed by atoms with Crippen molar-refractivity contribution in [2.75, 3.05) is 18.1 Å². The van der Waals surface area contributed by atoms with Crippen LogP contribution in [0.15, 0.2) is 30.3 Å². The van der Waals surface area contributed by atoms with E-state index in [1.807, 2.05) is 24.3 Å². The van der Waals surface area contributed by atoms with Crippen LogP contribution in [0.4, 0.5) is 0 Å². The maximum atomic E-state index is 11.9. The number of sulfone groups is 1. The van der Waals surface area contributed by atoms with Gasteiger partial charge in [-0.15, -0.1) is 11.3 Å². The number of benzene rings is 1. The van der Waals surface area contributed by atoms with Gasteiger partial charge in [-0.25, -0.2) is 18.2 Å². The van der Waals surface area contributed by atoms with Gasteiger partial charge in [0.15, 0.2) is 16.4 Å². The molecular weight excluding hydrogens is 376 g/mol. The monoisotopic (exact) mass is 394 g/mol. The van der Waals surface area contributed by atoms with E-state index in [4.69, 9.17) is 4.74 Å². The minimum atomic E-state index is -3.12. The zero-order valence-electron chi connectivity index (χ0n) is 14.1. The van der Waals surface area contributed by atoms with E-state index in [0.717, 1.165) is 10.2 Å². The SMILES string of the molecule is C[C@@]1(NC(=O)COC(=O)/C=C/c2nc3ccccc3s2)CCS(=O)(=O)C1. The summed E-state index contributed by atoms with van der Waals surface area (Å²) < 4.78 is 29.0. The van der Waals surface area contributed by atoms with E-state index in [2.05, 4.69) is 10.3 Å². The zero-order valence-corrected chi connectivity index (χ0v) is 15.7. The Labute approximate surface area is 155 Å². The summed E-state index contributed by atoms with van der Waals surface area (Å²) in [5.74, 6) is -1.24. The van der Waals surface area contributed by atoms with Crippen LogP contribution < -0.4 is 5.32 Å². The Balaban J connectivity index is 1.50. The van der Waals surface area contributed by atoms with Crippen LogP contribution in [-0.4, -0.2) is 48.9 Å². The van der Waals surface area contributed by atoms with Gasteiger partial charge < -0.3 is 10.1 Å². The van der Waals surface area contributed by atoms with E-state index >= 15 is 0 Å². The number of rotatable bonds is 5. The molecule has 26 heavy (non-hydrogen) atoms. The summed E-state index contributed by atoms with van der Waals surface area (Å²) in [6, 6.07) is 7.63. The second kappa shape index (κ2) is 7.16. The summed E-state index contributed by atoms with van der Waals surface area (Å²) in [5, 5.41) is 3.29. The number of carbonyl (C=O) groups is 2. The molecule has 1 aromatic carbocycles. The fourth-order valence-corrected chi connectivity index (χ4v) is 5.73. The van der Waals surface area contributed by atoms with Crippen LogP contribution in [0, 0.1) is 0 Å². The molecule has 0 bridgehead atoms. The largest absolute Gasteiger partial charge is 0.452 e. The number of carbonyl (C=O) groups excluding carboxylic acids is 2. The van der Waals surface area contributed by atoms with Gasteiger partial charge in [0.2, 0.25) is 0 Å². The van der Waals surface area contributed by atoms with Crippen molar-refractivity contribution in [2.45, 2.75) is 18.9 Å². The molecule has 1 fully saturated rings. The second-order valence-electron chi connectivity index (χ2n) is 6.41. The first-order chi connectivity index (χ1) is 12.2. The lowest BCUT2D eigenvalue weighted by Crippen LogP contribution is -2.48. The Kier molecular flexibility index (Phi) is 5.10. The number of ether oxygens (including phenoxy) is 1. The third-order valence-corrected chi connectivity index (χ3v) is 6.87. The van der Waals surface area contributed by atoms with Crippen molar-refractivity contribution >= 4 is 49.3 Å². The van der Waals surface area contributed by atoms with Gasteiger partial charge in [0.05, 0.1) is 27.3 Å². The van der Waals surface area contributed by atoms with Gasteiger partial charge in [0, 0.05) is 6.08 Å². The van der Waals surface area contributed by atoms with E-state index in [0.29, 0.717) is 11.4 Å². The molecule has 1 aliphatic rings. The molecule has 1 amide bonds. The molecule has 1 aliphatic heterocycles. The third kappa shape index (κ3) is 4.67. The quantitative estimate of drug-likeness (QED) is 0.610. The van der Waals surface area contributed by atoms with Crippen LogP contribution in [0.1, 0.15) is 18.4 Å². The van der Waals surface area contributed by atoms with Crippen LogP contribution in [0.25, 0.3) is 16.3 Å². The van der Waals surface area contributed by atoms with Gasteiger partial charge >= 0.3 is 5.97 Å². The van der Waals surface area contributed by atoms with Crippen molar-refractivity contribution in [3.63, 3.8) is 0 Å².